The quantitative estimate of drug-likeness (QED) is 0.458. The zero-order chi connectivity index (χ0) is 13.9. The molecule has 0 spiro atoms. The van der Waals surface area contributed by atoms with Crippen molar-refractivity contribution < 1.29 is 14.6 Å². The van der Waals surface area contributed by atoms with E-state index in [4.69, 9.17) is 4.74 Å². The number of aliphatic hydroxyl groups is 1. The Bertz CT molecular complexity index is 284. The third kappa shape index (κ3) is 6.76. The number of hydrogen-bond acceptors (Lipinski definition) is 3. The van der Waals surface area contributed by atoms with E-state index in [1.165, 1.54) is 44.9 Å². The van der Waals surface area contributed by atoms with Gasteiger partial charge in [-0.1, -0.05) is 64.7 Å². The fraction of sp³-hybridized carbons (Fsp3) is 0.812. The van der Waals surface area contributed by atoms with Crippen LogP contribution in [0, 0.1) is 0 Å². The summed E-state index contributed by atoms with van der Waals surface area (Å²) in [6.07, 6.45) is 13.1. The van der Waals surface area contributed by atoms with Gasteiger partial charge >= 0.3 is 5.97 Å². The summed E-state index contributed by atoms with van der Waals surface area (Å²) in [5.41, 5.74) is 0.458. The van der Waals surface area contributed by atoms with Crippen LogP contribution in [-0.4, -0.2) is 23.8 Å². The van der Waals surface area contributed by atoms with Crippen LogP contribution in [0.15, 0.2) is 11.6 Å². The first kappa shape index (κ1) is 16.2. The molecule has 1 rings (SSSR count). The molecule has 19 heavy (non-hydrogen) atoms. The van der Waals surface area contributed by atoms with Crippen LogP contribution in [0.1, 0.15) is 71.1 Å². The molecule has 0 aromatic rings. The molecule has 0 aromatic heterocycles. The Morgan fingerprint density at radius 1 is 1.11 bits per heavy atom. The largest absolute Gasteiger partial charge is 0.458 e. The molecule has 3 nitrogen and oxygen atoms in total. The van der Waals surface area contributed by atoms with Gasteiger partial charge in [0.2, 0.25) is 0 Å². The number of rotatable bonds is 11. The van der Waals surface area contributed by atoms with Crippen molar-refractivity contribution in [2.45, 2.75) is 77.2 Å². The van der Waals surface area contributed by atoms with E-state index in [1.807, 2.05) is 0 Å². The van der Waals surface area contributed by atoms with Gasteiger partial charge in [0.05, 0.1) is 11.7 Å². The third-order valence-corrected chi connectivity index (χ3v) is 3.69. The van der Waals surface area contributed by atoms with Gasteiger partial charge < -0.3 is 9.84 Å². The molecular weight excluding hydrogens is 240 g/mol. The minimum atomic E-state index is -0.625. The second kappa shape index (κ2) is 10.0. The molecule has 0 radical (unpaired) electrons. The van der Waals surface area contributed by atoms with Crippen molar-refractivity contribution in [1.29, 1.82) is 0 Å². The van der Waals surface area contributed by atoms with Crippen LogP contribution < -0.4 is 0 Å². The summed E-state index contributed by atoms with van der Waals surface area (Å²) in [6.45, 7) is 2.56. The third-order valence-electron chi connectivity index (χ3n) is 3.69. The number of esters is 1. The molecule has 0 bridgehead atoms. The molecule has 0 aliphatic carbocycles. The van der Waals surface area contributed by atoms with Crippen LogP contribution in [0.25, 0.3) is 0 Å². The minimum absolute atomic E-state index is 0.322. The second-order valence-corrected chi connectivity index (χ2v) is 5.39. The lowest BCUT2D eigenvalue weighted by molar-refractivity contribution is -0.136. The summed E-state index contributed by atoms with van der Waals surface area (Å²) < 4.78 is 4.79. The average molecular weight is 268 g/mol. The predicted octanol–water partition coefficient (Wildman–Crippen LogP) is 3.75. The van der Waals surface area contributed by atoms with Gasteiger partial charge in [-0.3, -0.25) is 0 Å². The summed E-state index contributed by atoms with van der Waals surface area (Å²) >= 11 is 0. The van der Waals surface area contributed by atoms with Gasteiger partial charge in [-0.2, -0.15) is 0 Å². The lowest BCUT2D eigenvalue weighted by atomic mass is 10.0. The summed E-state index contributed by atoms with van der Waals surface area (Å²) in [4.78, 5) is 11.2. The normalized spacial score (nSPS) is 16.3. The van der Waals surface area contributed by atoms with Gasteiger partial charge in [0.25, 0.3) is 0 Å². The number of hydrogen-bond donors (Lipinski definition) is 1. The molecule has 0 fully saturated rings. The SMILES string of the molecule is CCCCCCCCCCCC(O)C1=CCOC1=O. The van der Waals surface area contributed by atoms with Gasteiger partial charge in [-0.15, -0.1) is 0 Å². The number of carbonyl (C=O) groups is 1. The monoisotopic (exact) mass is 268 g/mol. The zero-order valence-electron chi connectivity index (χ0n) is 12.2. The summed E-state index contributed by atoms with van der Waals surface area (Å²) in [6, 6.07) is 0. The van der Waals surface area contributed by atoms with E-state index in [0.717, 1.165) is 12.8 Å². The molecule has 1 unspecified atom stereocenters. The van der Waals surface area contributed by atoms with Crippen molar-refractivity contribution in [3.63, 3.8) is 0 Å². The molecule has 0 amide bonds. The summed E-state index contributed by atoms with van der Waals surface area (Å²) in [5.74, 6) is -0.344. The molecular formula is C16H28O3. The summed E-state index contributed by atoms with van der Waals surface area (Å²) in [7, 11) is 0. The van der Waals surface area contributed by atoms with Crippen molar-refractivity contribution in [1.82, 2.24) is 0 Å². The van der Waals surface area contributed by atoms with Crippen molar-refractivity contribution in [2.75, 3.05) is 6.61 Å². The first-order valence-electron chi connectivity index (χ1n) is 7.81. The van der Waals surface area contributed by atoms with Gasteiger partial charge in [0.1, 0.15) is 6.61 Å². The number of cyclic esters (lactones) is 1. The highest BCUT2D eigenvalue weighted by molar-refractivity contribution is 5.91. The van der Waals surface area contributed by atoms with Crippen LogP contribution in [0.3, 0.4) is 0 Å². The molecule has 1 aliphatic heterocycles. The van der Waals surface area contributed by atoms with Gasteiger partial charge in [-0.05, 0) is 12.5 Å². The van der Waals surface area contributed by atoms with Crippen LogP contribution >= 0.6 is 0 Å². The van der Waals surface area contributed by atoms with E-state index in [2.05, 4.69) is 6.92 Å². The van der Waals surface area contributed by atoms with Crippen molar-refractivity contribution in [3.05, 3.63) is 11.6 Å². The molecule has 1 heterocycles. The molecule has 1 atom stereocenters. The van der Waals surface area contributed by atoms with Crippen LogP contribution in [-0.2, 0) is 9.53 Å². The number of unbranched alkanes of at least 4 members (excludes halogenated alkanes) is 8. The molecule has 0 aromatic carbocycles. The van der Waals surface area contributed by atoms with E-state index in [9.17, 15) is 9.90 Å². The van der Waals surface area contributed by atoms with Crippen molar-refractivity contribution >= 4 is 5.97 Å². The van der Waals surface area contributed by atoms with Gasteiger partial charge in [-0.25, -0.2) is 4.79 Å². The van der Waals surface area contributed by atoms with Crippen molar-refractivity contribution in [3.8, 4) is 0 Å². The Morgan fingerprint density at radius 3 is 2.21 bits per heavy atom. The Balaban J connectivity index is 1.92. The maximum atomic E-state index is 11.2. The molecule has 3 heteroatoms. The maximum absolute atomic E-state index is 11.2. The average Bonchev–Trinajstić information content (AvgIpc) is 2.83. The maximum Gasteiger partial charge on any atom is 0.336 e. The van der Waals surface area contributed by atoms with Crippen LogP contribution in [0.4, 0.5) is 0 Å². The smallest absolute Gasteiger partial charge is 0.336 e. The number of aliphatic hydroxyl groups excluding tert-OH is 1. The van der Waals surface area contributed by atoms with Gasteiger partial charge in [0.15, 0.2) is 0 Å². The lowest BCUT2D eigenvalue weighted by Crippen LogP contribution is -2.15. The minimum Gasteiger partial charge on any atom is -0.458 e. The van der Waals surface area contributed by atoms with E-state index >= 15 is 0 Å². The molecule has 1 N–H and O–H groups in total. The van der Waals surface area contributed by atoms with Crippen molar-refractivity contribution in [2.24, 2.45) is 0 Å². The Kier molecular flexibility index (Phi) is 8.55. The molecule has 0 saturated carbocycles. The summed E-state index contributed by atoms with van der Waals surface area (Å²) in [5, 5.41) is 9.85. The highest BCUT2D eigenvalue weighted by Gasteiger charge is 2.23. The fourth-order valence-corrected chi connectivity index (χ4v) is 2.45. The second-order valence-electron chi connectivity index (χ2n) is 5.39. The zero-order valence-corrected chi connectivity index (χ0v) is 12.2. The standard InChI is InChI=1S/C16H28O3/c1-2-3-4-5-6-7-8-9-10-11-15(17)14-12-13-19-16(14)18/h12,15,17H,2-11,13H2,1H3. The molecule has 110 valence electrons. The highest BCUT2D eigenvalue weighted by atomic mass is 16.5. The van der Waals surface area contributed by atoms with E-state index in [-0.39, 0.29) is 5.97 Å². The lowest BCUT2D eigenvalue weighted by Gasteiger charge is -2.09. The fourth-order valence-electron chi connectivity index (χ4n) is 2.45. The predicted molar refractivity (Wildman–Crippen MR) is 76.9 cm³/mol. The number of ether oxygens (including phenoxy) is 1. The molecule has 0 saturated heterocycles. The topological polar surface area (TPSA) is 46.5 Å². The van der Waals surface area contributed by atoms with Crippen LogP contribution in [0.2, 0.25) is 0 Å². The number of carbonyl (C=O) groups excluding carboxylic acids is 1. The first-order valence-corrected chi connectivity index (χ1v) is 7.81. The molecule has 1 aliphatic rings. The van der Waals surface area contributed by atoms with Gasteiger partial charge in [0, 0.05) is 0 Å². The van der Waals surface area contributed by atoms with E-state index < -0.39 is 6.10 Å². The van der Waals surface area contributed by atoms with E-state index in [1.54, 1.807) is 6.08 Å². The Labute approximate surface area is 117 Å². The first-order chi connectivity index (χ1) is 9.25. The van der Waals surface area contributed by atoms with Crippen LogP contribution in [0.5, 0.6) is 0 Å². The highest BCUT2D eigenvalue weighted by Crippen LogP contribution is 2.17. The Morgan fingerprint density at radius 2 is 1.68 bits per heavy atom. The van der Waals surface area contributed by atoms with E-state index in [0.29, 0.717) is 18.6 Å². The Hall–Kier alpha value is -0.830.